The number of ether oxygens (including phenoxy) is 1. The van der Waals surface area contributed by atoms with Gasteiger partial charge < -0.3 is 20.3 Å². The molecule has 1 fully saturated rings. The molecule has 3 aromatic rings. The van der Waals surface area contributed by atoms with Crippen LogP contribution in [0.5, 0.6) is 5.75 Å². The number of anilines is 4. The molecule has 39 heavy (non-hydrogen) atoms. The fraction of sp³-hybridized carbons (Fsp3) is 0.286. The molecule has 1 aromatic heterocycles. The second-order valence-electron chi connectivity index (χ2n) is 9.37. The van der Waals surface area contributed by atoms with Crippen LogP contribution in [-0.2, 0) is 6.54 Å². The largest absolute Gasteiger partial charge is 0.495 e. The Morgan fingerprint density at radius 2 is 1.77 bits per heavy atom. The van der Waals surface area contributed by atoms with E-state index in [1.165, 1.54) is 37.1 Å². The molecular weight excluding hydrogens is 498 g/mol. The molecule has 2 aliphatic heterocycles. The zero-order valence-electron chi connectivity index (χ0n) is 21.9. The van der Waals surface area contributed by atoms with Crippen molar-refractivity contribution in [2.45, 2.75) is 13.5 Å². The van der Waals surface area contributed by atoms with Gasteiger partial charge >= 0.3 is 0 Å². The monoisotopic (exact) mass is 528 g/mol. The maximum absolute atomic E-state index is 12.7. The number of aromatic nitrogens is 1. The molecule has 5 rings (SSSR count). The quantitative estimate of drug-likeness (QED) is 0.308. The number of methoxy groups -OCH3 is 1. The van der Waals surface area contributed by atoms with Crippen LogP contribution < -0.4 is 20.7 Å². The van der Waals surface area contributed by atoms with E-state index in [-0.39, 0.29) is 5.69 Å². The van der Waals surface area contributed by atoms with Crippen LogP contribution in [0.3, 0.4) is 0 Å². The van der Waals surface area contributed by atoms with E-state index in [4.69, 9.17) is 4.74 Å². The van der Waals surface area contributed by atoms with Crippen LogP contribution in [0.2, 0.25) is 0 Å². The third-order valence-electron chi connectivity index (χ3n) is 6.90. The van der Waals surface area contributed by atoms with Gasteiger partial charge in [0.25, 0.3) is 11.6 Å². The van der Waals surface area contributed by atoms with Crippen LogP contribution >= 0.6 is 0 Å². The number of benzene rings is 2. The van der Waals surface area contributed by atoms with Gasteiger partial charge in [-0.3, -0.25) is 19.8 Å². The molecular formula is C28H30N7O4. The number of nitro benzene ring substituents is 1. The lowest BCUT2D eigenvalue weighted by atomic mass is 10.1. The highest BCUT2D eigenvalue weighted by Gasteiger charge is 2.23. The summed E-state index contributed by atoms with van der Waals surface area (Å²) in [5, 5.41) is 21.6. The van der Waals surface area contributed by atoms with Crippen LogP contribution in [0.15, 0.2) is 54.7 Å². The number of rotatable bonds is 9. The zero-order valence-corrected chi connectivity index (χ0v) is 21.9. The molecule has 3 heterocycles. The van der Waals surface area contributed by atoms with Gasteiger partial charge in [0.1, 0.15) is 17.4 Å². The van der Waals surface area contributed by atoms with Crippen molar-refractivity contribution in [3.8, 4) is 5.75 Å². The van der Waals surface area contributed by atoms with E-state index in [0.29, 0.717) is 34.2 Å². The topological polar surface area (TPSA) is 127 Å². The van der Waals surface area contributed by atoms with Crippen molar-refractivity contribution < 1.29 is 14.5 Å². The number of nitrogens with zero attached hydrogens (tertiary/aromatic N) is 5. The molecule has 1 amide bonds. The Morgan fingerprint density at radius 3 is 2.46 bits per heavy atom. The van der Waals surface area contributed by atoms with E-state index in [9.17, 15) is 14.9 Å². The van der Waals surface area contributed by atoms with Gasteiger partial charge in [-0.05, 0) is 48.0 Å². The van der Waals surface area contributed by atoms with Gasteiger partial charge in [-0.25, -0.2) is 10.3 Å². The molecule has 0 spiro atoms. The number of hydrogen-bond acceptors (Lipinski definition) is 9. The van der Waals surface area contributed by atoms with E-state index in [1.807, 2.05) is 12.1 Å². The normalized spacial score (nSPS) is 15.4. The Labute approximate surface area is 226 Å². The van der Waals surface area contributed by atoms with Gasteiger partial charge in [-0.2, -0.15) is 0 Å². The van der Waals surface area contributed by atoms with E-state index >= 15 is 0 Å². The van der Waals surface area contributed by atoms with Crippen molar-refractivity contribution in [1.82, 2.24) is 20.1 Å². The summed E-state index contributed by atoms with van der Waals surface area (Å²) in [6.07, 6.45) is 3.17. The Balaban J connectivity index is 1.38. The highest BCUT2D eigenvalue weighted by molar-refractivity contribution is 6.05. The maximum Gasteiger partial charge on any atom is 0.281 e. The number of non-ortho nitro benzene ring substituents is 1. The molecule has 1 saturated heterocycles. The molecule has 0 atom stereocenters. The van der Waals surface area contributed by atoms with E-state index < -0.39 is 10.8 Å². The lowest BCUT2D eigenvalue weighted by Gasteiger charge is -2.34. The summed E-state index contributed by atoms with van der Waals surface area (Å²) in [4.78, 5) is 33.1. The number of carbonyl (C=O) groups excluding carboxylic acids is 1. The maximum atomic E-state index is 12.7. The van der Waals surface area contributed by atoms with E-state index in [2.05, 4.69) is 49.8 Å². The van der Waals surface area contributed by atoms with E-state index in [1.54, 1.807) is 12.1 Å². The molecule has 11 heteroatoms. The number of fused-ring (bicyclic) bond motifs is 1. The van der Waals surface area contributed by atoms with Crippen LogP contribution in [0, 0.1) is 10.1 Å². The number of hydrogen-bond donors (Lipinski definition) is 2. The van der Waals surface area contributed by atoms with Crippen molar-refractivity contribution in [1.29, 1.82) is 0 Å². The first-order valence-corrected chi connectivity index (χ1v) is 12.8. The SMILES string of the molecule is CCN1CCN(Cc2ccc(Nc3nc(Nc4cc([N+](=O)[O-])ccc4OC)cc4c3C(=O)[N]C=C4)cc2)CC1. The predicted molar refractivity (Wildman–Crippen MR) is 150 cm³/mol. The number of carbonyl (C=O) groups is 1. The molecule has 0 saturated carbocycles. The number of amides is 1. The number of nitro groups is 1. The minimum Gasteiger partial charge on any atom is -0.495 e. The van der Waals surface area contributed by atoms with Crippen molar-refractivity contribution in [2.75, 3.05) is 50.5 Å². The second-order valence-corrected chi connectivity index (χ2v) is 9.37. The number of pyridine rings is 1. The fourth-order valence-electron chi connectivity index (χ4n) is 4.72. The Kier molecular flexibility index (Phi) is 7.71. The van der Waals surface area contributed by atoms with Crippen LogP contribution in [-0.4, -0.2) is 65.4 Å². The summed E-state index contributed by atoms with van der Waals surface area (Å²) in [6.45, 7) is 8.46. The van der Waals surface area contributed by atoms with Crippen molar-refractivity contribution in [3.05, 3.63) is 81.5 Å². The Bertz CT molecular complexity index is 1400. The molecule has 11 nitrogen and oxygen atoms in total. The highest BCUT2D eigenvalue weighted by Crippen LogP contribution is 2.34. The molecule has 0 unspecified atom stereocenters. The average Bonchev–Trinajstić information content (AvgIpc) is 2.94. The van der Waals surface area contributed by atoms with Gasteiger partial charge in [-0.1, -0.05) is 19.1 Å². The number of nitrogens with one attached hydrogen (secondary N) is 2. The summed E-state index contributed by atoms with van der Waals surface area (Å²) < 4.78 is 5.37. The lowest BCUT2D eigenvalue weighted by Crippen LogP contribution is -2.45. The molecule has 0 bridgehead atoms. The predicted octanol–water partition coefficient (Wildman–Crippen LogP) is 4.35. The highest BCUT2D eigenvalue weighted by atomic mass is 16.6. The van der Waals surface area contributed by atoms with Gasteiger partial charge in [0.05, 0.1) is 23.3 Å². The first kappa shape index (κ1) is 26.1. The summed E-state index contributed by atoms with van der Waals surface area (Å²) in [6, 6.07) is 14.0. The summed E-state index contributed by atoms with van der Waals surface area (Å²) in [5.41, 5.74) is 3.26. The van der Waals surface area contributed by atoms with Gasteiger partial charge in [0.15, 0.2) is 0 Å². The second kappa shape index (κ2) is 11.5. The molecule has 0 aliphatic carbocycles. The molecule has 1 radical (unpaired) electrons. The first-order valence-electron chi connectivity index (χ1n) is 12.8. The third kappa shape index (κ3) is 6.00. The van der Waals surface area contributed by atoms with Crippen molar-refractivity contribution in [2.24, 2.45) is 0 Å². The van der Waals surface area contributed by atoms with Crippen LogP contribution in [0.4, 0.5) is 28.7 Å². The number of likely N-dealkylation sites (N-methyl/N-ethyl adjacent to an activating group) is 1. The van der Waals surface area contributed by atoms with Crippen LogP contribution in [0.25, 0.3) is 6.08 Å². The minimum atomic E-state index is -0.477. The van der Waals surface area contributed by atoms with Gasteiger partial charge in [-0.15, -0.1) is 0 Å². The number of piperazine rings is 1. The molecule has 2 N–H and O–H groups in total. The van der Waals surface area contributed by atoms with Crippen LogP contribution in [0.1, 0.15) is 28.4 Å². The molecule has 2 aliphatic rings. The Morgan fingerprint density at radius 1 is 1.03 bits per heavy atom. The minimum absolute atomic E-state index is 0.0872. The first-order chi connectivity index (χ1) is 18.9. The third-order valence-corrected chi connectivity index (χ3v) is 6.90. The van der Waals surface area contributed by atoms with Gasteiger partial charge in [0, 0.05) is 56.7 Å². The smallest absolute Gasteiger partial charge is 0.281 e. The average molecular weight is 529 g/mol. The van der Waals surface area contributed by atoms with Crippen molar-refractivity contribution >= 4 is 40.7 Å². The summed E-state index contributed by atoms with van der Waals surface area (Å²) >= 11 is 0. The molecule has 201 valence electrons. The lowest BCUT2D eigenvalue weighted by molar-refractivity contribution is -0.384. The summed E-state index contributed by atoms with van der Waals surface area (Å²) in [7, 11) is 1.48. The molecule has 2 aromatic carbocycles. The standard InChI is InChI=1S/C28H30N7O4/c1-3-33-12-14-34(15-13-33)18-19-4-6-21(7-5-19)30-27-26-20(10-11-29-28(26)36)16-25(32-27)31-23-17-22(35(37)38)8-9-24(23)39-2/h4-11,16-17H,3,12-15,18H2,1-2H3,(H2,30,31,32). The van der Waals surface area contributed by atoms with Gasteiger partial charge in [0.2, 0.25) is 0 Å². The zero-order chi connectivity index (χ0) is 27.4. The summed E-state index contributed by atoms with van der Waals surface area (Å²) in [5.74, 6) is 0.742. The van der Waals surface area contributed by atoms with Crippen molar-refractivity contribution in [3.63, 3.8) is 0 Å². The fourth-order valence-corrected chi connectivity index (χ4v) is 4.72. The Hall–Kier alpha value is -4.48. The van der Waals surface area contributed by atoms with E-state index in [0.717, 1.165) is 45.0 Å².